The van der Waals surface area contributed by atoms with Crippen molar-refractivity contribution >= 4 is 17.1 Å². The first-order valence-corrected chi connectivity index (χ1v) is 11.9. The number of anilines is 1. The van der Waals surface area contributed by atoms with Crippen molar-refractivity contribution < 1.29 is 0 Å². The van der Waals surface area contributed by atoms with E-state index >= 15 is 0 Å². The maximum absolute atomic E-state index is 4.91. The molecule has 2 aromatic carbocycles. The van der Waals surface area contributed by atoms with E-state index in [-0.39, 0.29) is 0 Å². The summed E-state index contributed by atoms with van der Waals surface area (Å²) in [7, 11) is 2.14. The van der Waals surface area contributed by atoms with Crippen LogP contribution in [0.15, 0.2) is 96.2 Å². The number of rotatable bonds is 10. The lowest BCUT2D eigenvalue weighted by molar-refractivity contribution is 0.394. The van der Waals surface area contributed by atoms with E-state index in [1.165, 1.54) is 22.5 Å². The summed E-state index contributed by atoms with van der Waals surface area (Å²) in [6.07, 6.45) is 10.5. The summed E-state index contributed by atoms with van der Waals surface area (Å²) < 4.78 is 0. The summed E-state index contributed by atoms with van der Waals surface area (Å²) in [5.74, 6) is 0. The van der Waals surface area contributed by atoms with Gasteiger partial charge in [-0.15, -0.1) is 6.58 Å². The zero-order valence-electron chi connectivity index (χ0n) is 20.6. The molecule has 0 aromatic heterocycles. The Hall–Kier alpha value is -3.33. The van der Waals surface area contributed by atoms with Crippen molar-refractivity contribution in [3.05, 3.63) is 96.8 Å². The summed E-state index contributed by atoms with van der Waals surface area (Å²) >= 11 is 0. The van der Waals surface area contributed by atoms with E-state index in [1.807, 2.05) is 6.08 Å². The Bertz CT molecular complexity index is 1070. The highest BCUT2D eigenvalue weighted by molar-refractivity contribution is 6.12. The van der Waals surface area contributed by atoms with Crippen LogP contribution < -0.4 is 4.90 Å². The lowest BCUT2D eigenvalue weighted by atomic mass is 10.0. The van der Waals surface area contributed by atoms with Gasteiger partial charge in [0.25, 0.3) is 0 Å². The van der Waals surface area contributed by atoms with Gasteiger partial charge in [-0.25, -0.2) is 4.99 Å². The number of unbranched alkanes of at least 4 members (excludes halogenated alkanes) is 1. The number of allylic oxidation sites excluding steroid dienone is 5. The van der Waals surface area contributed by atoms with Crippen molar-refractivity contribution in [1.82, 2.24) is 4.90 Å². The van der Waals surface area contributed by atoms with Crippen LogP contribution >= 0.6 is 0 Å². The van der Waals surface area contributed by atoms with Gasteiger partial charge >= 0.3 is 0 Å². The van der Waals surface area contributed by atoms with Crippen molar-refractivity contribution in [2.45, 2.75) is 33.6 Å². The second-order valence-corrected chi connectivity index (χ2v) is 8.50. The van der Waals surface area contributed by atoms with Gasteiger partial charge in [0.15, 0.2) is 0 Å². The van der Waals surface area contributed by atoms with E-state index in [2.05, 4.69) is 111 Å². The average molecular weight is 440 g/mol. The van der Waals surface area contributed by atoms with Gasteiger partial charge in [0.2, 0.25) is 0 Å². The summed E-state index contributed by atoms with van der Waals surface area (Å²) in [5, 5.41) is 0. The molecule has 2 aromatic rings. The molecule has 0 bridgehead atoms. The third kappa shape index (κ3) is 6.13. The largest absolute Gasteiger partial charge is 0.375 e. The summed E-state index contributed by atoms with van der Waals surface area (Å²) in [5.41, 5.74) is 8.88. The molecule has 0 amide bonds. The van der Waals surface area contributed by atoms with Crippen LogP contribution in [0.4, 0.5) is 11.4 Å². The van der Waals surface area contributed by atoms with Crippen LogP contribution in [0.3, 0.4) is 0 Å². The maximum Gasteiger partial charge on any atom is 0.0704 e. The van der Waals surface area contributed by atoms with Gasteiger partial charge in [0.05, 0.1) is 11.4 Å². The van der Waals surface area contributed by atoms with Crippen molar-refractivity contribution in [3.8, 4) is 11.1 Å². The van der Waals surface area contributed by atoms with E-state index in [1.54, 1.807) is 0 Å². The fraction of sp³-hybridized carbons (Fsp3) is 0.300. The molecule has 0 atom stereocenters. The molecule has 0 unspecified atom stereocenters. The lowest BCUT2D eigenvalue weighted by Crippen LogP contribution is -2.23. The molecule has 0 radical (unpaired) electrons. The van der Waals surface area contributed by atoms with Crippen LogP contribution in [0.1, 0.15) is 32.3 Å². The van der Waals surface area contributed by atoms with Gasteiger partial charge in [0, 0.05) is 38.1 Å². The number of nitrogens with zero attached hydrogens (tertiary/aromatic N) is 3. The zero-order chi connectivity index (χ0) is 23.8. The first-order chi connectivity index (χ1) is 16.0. The fourth-order valence-corrected chi connectivity index (χ4v) is 4.07. The van der Waals surface area contributed by atoms with Crippen molar-refractivity contribution in [1.29, 1.82) is 0 Å². The minimum Gasteiger partial charge on any atom is -0.375 e. The topological polar surface area (TPSA) is 18.8 Å². The highest BCUT2D eigenvalue weighted by Crippen LogP contribution is 2.29. The highest BCUT2D eigenvalue weighted by atomic mass is 15.1. The molecular weight excluding hydrogens is 402 g/mol. The standard InChI is InChI=1S/C30H37N3/c1-7-10-11-20-32(6)27-15-12-25(13-16-27)26-14-18-29(23(4)21-26)31-30-19-17-28(22-24(30)5)33(8-2)9-3/h7,12-19,21-22H,1,5,8-11,20H2,2-4,6H3/b31-30-. The third-order valence-corrected chi connectivity index (χ3v) is 6.17. The Labute approximate surface area is 200 Å². The Balaban J connectivity index is 1.74. The Morgan fingerprint density at radius 2 is 1.67 bits per heavy atom. The molecule has 3 heteroatoms. The van der Waals surface area contributed by atoms with Gasteiger partial charge in [-0.3, -0.25) is 0 Å². The van der Waals surface area contributed by atoms with E-state index in [4.69, 9.17) is 4.99 Å². The number of aliphatic imine (C=N–C) groups is 1. The molecule has 0 saturated heterocycles. The number of likely N-dealkylation sites (N-methyl/N-ethyl adjacent to an activating group) is 1. The first-order valence-electron chi connectivity index (χ1n) is 11.9. The van der Waals surface area contributed by atoms with Crippen molar-refractivity contribution in [2.24, 2.45) is 4.99 Å². The van der Waals surface area contributed by atoms with Crippen LogP contribution in [-0.4, -0.2) is 37.3 Å². The van der Waals surface area contributed by atoms with E-state index in [9.17, 15) is 0 Å². The molecule has 0 aliphatic heterocycles. The van der Waals surface area contributed by atoms with Crippen LogP contribution in [0, 0.1) is 6.92 Å². The van der Waals surface area contributed by atoms with E-state index in [0.29, 0.717) is 0 Å². The van der Waals surface area contributed by atoms with E-state index in [0.717, 1.165) is 55.0 Å². The molecule has 0 saturated carbocycles. The third-order valence-electron chi connectivity index (χ3n) is 6.17. The molecule has 0 N–H and O–H groups in total. The molecule has 3 nitrogen and oxygen atoms in total. The minimum absolute atomic E-state index is 0.922. The van der Waals surface area contributed by atoms with Gasteiger partial charge in [-0.05, 0) is 98.4 Å². The second-order valence-electron chi connectivity index (χ2n) is 8.50. The van der Waals surface area contributed by atoms with Gasteiger partial charge in [0.1, 0.15) is 0 Å². The number of benzene rings is 2. The molecule has 3 rings (SSSR count). The molecule has 33 heavy (non-hydrogen) atoms. The highest BCUT2D eigenvalue weighted by Gasteiger charge is 2.12. The SMILES string of the molecule is C=CCCCN(C)c1ccc(-c2ccc(/N=C3/C=CC(N(CC)CC)=CC3=C)c(C)c2)cc1. The van der Waals surface area contributed by atoms with Gasteiger partial charge in [-0.2, -0.15) is 0 Å². The minimum atomic E-state index is 0.922. The van der Waals surface area contributed by atoms with Crippen LogP contribution in [0.25, 0.3) is 11.1 Å². The number of hydrogen-bond acceptors (Lipinski definition) is 3. The van der Waals surface area contributed by atoms with Crippen LogP contribution in [0.5, 0.6) is 0 Å². The summed E-state index contributed by atoms with van der Waals surface area (Å²) in [4.78, 5) is 9.52. The fourth-order valence-electron chi connectivity index (χ4n) is 4.07. The molecule has 1 aliphatic rings. The first kappa shape index (κ1) is 24.3. The van der Waals surface area contributed by atoms with E-state index < -0.39 is 0 Å². The molecule has 0 heterocycles. The summed E-state index contributed by atoms with van der Waals surface area (Å²) in [6.45, 7) is 17.5. The quantitative estimate of drug-likeness (QED) is 0.282. The van der Waals surface area contributed by atoms with Crippen LogP contribution in [0.2, 0.25) is 0 Å². The zero-order valence-corrected chi connectivity index (χ0v) is 20.6. The molecular formula is C30H37N3. The van der Waals surface area contributed by atoms with Crippen molar-refractivity contribution in [3.63, 3.8) is 0 Å². The van der Waals surface area contributed by atoms with Gasteiger partial charge in [-0.1, -0.05) is 30.9 Å². The lowest BCUT2D eigenvalue weighted by Gasteiger charge is -2.24. The normalized spacial score (nSPS) is 14.4. The average Bonchev–Trinajstić information content (AvgIpc) is 2.83. The monoisotopic (exact) mass is 439 g/mol. The summed E-state index contributed by atoms with van der Waals surface area (Å²) in [6, 6.07) is 15.3. The predicted octanol–water partition coefficient (Wildman–Crippen LogP) is 7.49. The smallest absolute Gasteiger partial charge is 0.0704 e. The number of aryl methyl sites for hydroxylation is 1. The van der Waals surface area contributed by atoms with Crippen molar-refractivity contribution in [2.75, 3.05) is 31.6 Å². The molecule has 0 fully saturated rings. The predicted molar refractivity (Wildman–Crippen MR) is 146 cm³/mol. The number of hydrogen-bond donors (Lipinski definition) is 0. The molecule has 1 aliphatic carbocycles. The Morgan fingerprint density at radius 3 is 2.27 bits per heavy atom. The Kier molecular flexibility index (Phi) is 8.48. The Morgan fingerprint density at radius 1 is 0.970 bits per heavy atom. The maximum atomic E-state index is 4.91. The second kappa shape index (κ2) is 11.5. The molecule has 0 spiro atoms. The van der Waals surface area contributed by atoms with Crippen LogP contribution in [-0.2, 0) is 0 Å². The molecule has 172 valence electrons. The van der Waals surface area contributed by atoms with Gasteiger partial charge < -0.3 is 9.80 Å².